The van der Waals surface area contributed by atoms with Gasteiger partial charge in [0.2, 0.25) is 0 Å². The normalized spacial score (nSPS) is 11.0. The second-order valence-corrected chi connectivity index (χ2v) is 8.00. The van der Waals surface area contributed by atoms with Crippen molar-refractivity contribution in [1.29, 1.82) is 0 Å². The highest BCUT2D eigenvalue weighted by Crippen LogP contribution is 2.29. The molecule has 1 aromatic heterocycles. The van der Waals surface area contributed by atoms with E-state index in [4.69, 9.17) is 4.98 Å². The van der Waals surface area contributed by atoms with E-state index in [9.17, 15) is 4.79 Å². The Morgan fingerprint density at radius 2 is 1.58 bits per heavy atom. The lowest BCUT2D eigenvalue weighted by atomic mass is 9.98. The van der Waals surface area contributed by atoms with E-state index in [1.807, 2.05) is 30.3 Å². The molecule has 0 spiro atoms. The summed E-state index contributed by atoms with van der Waals surface area (Å²) < 4.78 is 0. The zero-order valence-electron chi connectivity index (χ0n) is 18.6. The topological polar surface area (TPSA) is 42.0 Å². The maximum atomic E-state index is 13.5. The third-order valence-electron chi connectivity index (χ3n) is 5.86. The van der Waals surface area contributed by atoms with Gasteiger partial charge in [-0.1, -0.05) is 74.0 Å². The van der Waals surface area contributed by atoms with Crippen LogP contribution < -0.4 is 5.32 Å². The molecule has 0 saturated carbocycles. The van der Waals surface area contributed by atoms with Gasteiger partial charge in [0.15, 0.2) is 0 Å². The van der Waals surface area contributed by atoms with Gasteiger partial charge in [0, 0.05) is 16.6 Å². The first kappa shape index (κ1) is 20.8. The smallest absolute Gasteiger partial charge is 0.256 e. The van der Waals surface area contributed by atoms with Crippen LogP contribution in [0.15, 0.2) is 66.7 Å². The van der Waals surface area contributed by atoms with E-state index in [2.05, 4.69) is 69.4 Å². The third-order valence-corrected chi connectivity index (χ3v) is 5.86. The second kappa shape index (κ2) is 8.73. The molecule has 0 aliphatic carbocycles. The Bertz CT molecular complexity index is 1250. The lowest BCUT2D eigenvalue weighted by molar-refractivity contribution is 0.102. The van der Waals surface area contributed by atoms with Crippen LogP contribution >= 0.6 is 0 Å². The molecule has 4 aromatic rings. The number of amides is 1. The van der Waals surface area contributed by atoms with Gasteiger partial charge in [-0.2, -0.15) is 0 Å². The summed E-state index contributed by atoms with van der Waals surface area (Å²) in [6.07, 6.45) is 1.74. The summed E-state index contributed by atoms with van der Waals surface area (Å²) in [7, 11) is 0. The minimum atomic E-state index is -0.0970. The van der Waals surface area contributed by atoms with E-state index < -0.39 is 0 Å². The minimum Gasteiger partial charge on any atom is -0.321 e. The van der Waals surface area contributed by atoms with Crippen LogP contribution in [0.2, 0.25) is 0 Å². The molecule has 0 radical (unpaired) electrons. The molecular weight excluding hydrogens is 380 g/mol. The maximum Gasteiger partial charge on any atom is 0.256 e. The summed E-state index contributed by atoms with van der Waals surface area (Å²) in [5.74, 6) is -0.0970. The summed E-state index contributed by atoms with van der Waals surface area (Å²) >= 11 is 0. The van der Waals surface area contributed by atoms with Crippen molar-refractivity contribution in [2.75, 3.05) is 5.32 Å². The van der Waals surface area contributed by atoms with Crippen molar-refractivity contribution in [2.24, 2.45) is 0 Å². The number of pyridine rings is 1. The molecule has 156 valence electrons. The predicted molar refractivity (Wildman–Crippen MR) is 130 cm³/mol. The van der Waals surface area contributed by atoms with Gasteiger partial charge in [0.1, 0.15) is 0 Å². The standard InChI is InChI=1S/C28H28N2O/c1-5-20-10-9-11-21(6-2)27(20)30-28(31)24-17-26(22-15-14-18(3)16-19(22)4)29-25-13-8-7-12-23(24)25/h7-17H,5-6H2,1-4H3,(H,30,31). The van der Waals surface area contributed by atoms with Crippen LogP contribution in [0.3, 0.4) is 0 Å². The van der Waals surface area contributed by atoms with Crippen LogP contribution in [0.5, 0.6) is 0 Å². The predicted octanol–water partition coefficient (Wildman–Crippen LogP) is 6.90. The van der Waals surface area contributed by atoms with Crippen molar-refractivity contribution >= 4 is 22.5 Å². The molecule has 1 heterocycles. The Morgan fingerprint density at radius 1 is 0.871 bits per heavy atom. The van der Waals surface area contributed by atoms with Gasteiger partial charge in [-0.05, 0) is 55.5 Å². The zero-order valence-corrected chi connectivity index (χ0v) is 18.6. The second-order valence-electron chi connectivity index (χ2n) is 8.00. The van der Waals surface area contributed by atoms with Crippen molar-refractivity contribution in [3.05, 3.63) is 94.5 Å². The SMILES string of the molecule is CCc1cccc(CC)c1NC(=O)c1cc(-c2ccc(C)cc2C)nc2ccccc12. The van der Waals surface area contributed by atoms with E-state index in [1.54, 1.807) is 0 Å². The summed E-state index contributed by atoms with van der Waals surface area (Å²) in [6, 6.07) is 22.3. The average Bonchev–Trinajstić information content (AvgIpc) is 2.78. The highest BCUT2D eigenvalue weighted by atomic mass is 16.1. The van der Waals surface area contributed by atoms with Crippen LogP contribution in [-0.4, -0.2) is 10.9 Å². The molecule has 0 unspecified atom stereocenters. The number of nitrogens with one attached hydrogen (secondary N) is 1. The lowest BCUT2D eigenvalue weighted by Gasteiger charge is -2.16. The Morgan fingerprint density at radius 3 is 2.26 bits per heavy atom. The molecule has 0 fully saturated rings. The number of rotatable bonds is 5. The van der Waals surface area contributed by atoms with Gasteiger partial charge in [0.05, 0.1) is 16.8 Å². The Hall–Kier alpha value is -3.46. The van der Waals surface area contributed by atoms with Crippen LogP contribution in [0.4, 0.5) is 5.69 Å². The largest absolute Gasteiger partial charge is 0.321 e. The average molecular weight is 409 g/mol. The van der Waals surface area contributed by atoms with Crippen LogP contribution in [-0.2, 0) is 12.8 Å². The van der Waals surface area contributed by atoms with E-state index in [1.165, 1.54) is 5.56 Å². The number of hydrogen-bond acceptors (Lipinski definition) is 2. The fourth-order valence-electron chi connectivity index (χ4n) is 4.19. The van der Waals surface area contributed by atoms with Gasteiger partial charge in [-0.25, -0.2) is 4.98 Å². The van der Waals surface area contributed by atoms with E-state index in [-0.39, 0.29) is 5.91 Å². The molecule has 1 amide bonds. The summed E-state index contributed by atoms with van der Waals surface area (Å²) in [4.78, 5) is 18.4. The molecule has 0 atom stereocenters. The number of fused-ring (bicyclic) bond motifs is 1. The van der Waals surface area contributed by atoms with Crippen molar-refractivity contribution in [2.45, 2.75) is 40.5 Å². The van der Waals surface area contributed by atoms with Crippen molar-refractivity contribution in [3.8, 4) is 11.3 Å². The van der Waals surface area contributed by atoms with Crippen LogP contribution in [0, 0.1) is 13.8 Å². The Balaban J connectivity index is 1.85. The molecule has 3 heteroatoms. The van der Waals surface area contributed by atoms with E-state index in [0.717, 1.165) is 57.4 Å². The van der Waals surface area contributed by atoms with Gasteiger partial charge in [-0.15, -0.1) is 0 Å². The number of aromatic nitrogens is 1. The van der Waals surface area contributed by atoms with E-state index in [0.29, 0.717) is 5.56 Å². The number of carbonyl (C=O) groups excluding carboxylic acids is 1. The minimum absolute atomic E-state index is 0.0970. The first-order valence-electron chi connectivity index (χ1n) is 10.9. The third kappa shape index (κ3) is 4.09. The van der Waals surface area contributed by atoms with Gasteiger partial charge in [-0.3, -0.25) is 4.79 Å². The van der Waals surface area contributed by atoms with Crippen LogP contribution in [0.25, 0.3) is 22.2 Å². The number of nitrogens with zero attached hydrogens (tertiary/aromatic N) is 1. The van der Waals surface area contributed by atoms with Crippen molar-refractivity contribution in [1.82, 2.24) is 4.98 Å². The highest BCUT2D eigenvalue weighted by molar-refractivity contribution is 6.13. The molecule has 0 bridgehead atoms. The first-order chi connectivity index (χ1) is 15.0. The molecule has 0 aliphatic rings. The molecule has 31 heavy (non-hydrogen) atoms. The lowest BCUT2D eigenvalue weighted by Crippen LogP contribution is -2.16. The fraction of sp³-hybridized carbons (Fsp3) is 0.214. The number of carbonyl (C=O) groups is 1. The Kier molecular flexibility index (Phi) is 5.85. The van der Waals surface area contributed by atoms with Gasteiger partial charge in [0.25, 0.3) is 5.91 Å². The molecule has 1 N–H and O–H groups in total. The summed E-state index contributed by atoms with van der Waals surface area (Å²) in [5, 5.41) is 4.09. The van der Waals surface area contributed by atoms with Crippen molar-refractivity contribution in [3.63, 3.8) is 0 Å². The quantitative estimate of drug-likeness (QED) is 0.390. The molecule has 4 rings (SSSR count). The molecule has 0 aliphatic heterocycles. The van der Waals surface area contributed by atoms with Crippen molar-refractivity contribution < 1.29 is 4.79 Å². The number of benzene rings is 3. The van der Waals surface area contributed by atoms with Gasteiger partial charge >= 0.3 is 0 Å². The maximum absolute atomic E-state index is 13.5. The highest BCUT2D eigenvalue weighted by Gasteiger charge is 2.17. The number of aryl methyl sites for hydroxylation is 4. The summed E-state index contributed by atoms with van der Waals surface area (Å²) in [6.45, 7) is 8.40. The van der Waals surface area contributed by atoms with Crippen LogP contribution in [0.1, 0.15) is 46.5 Å². The number of anilines is 1. The monoisotopic (exact) mass is 408 g/mol. The molecule has 3 aromatic carbocycles. The number of para-hydroxylation sites is 2. The van der Waals surface area contributed by atoms with Gasteiger partial charge < -0.3 is 5.32 Å². The molecule has 3 nitrogen and oxygen atoms in total. The zero-order chi connectivity index (χ0) is 22.0. The Labute approximate surface area is 184 Å². The molecular formula is C28H28N2O. The molecule has 0 saturated heterocycles. The first-order valence-corrected chi connectivity index (χ1v) is 10.9. The summed E-state index contributed by atoms with van der Waals surface area (Å²) in [5.41, 5.74) is 8.95. The fourth-order valence-corrected chi connectivity index (χ4v) is 4.19. The number of hydrogen-bond donors (Lipinski definition) is 1. The van der Waals surface area contributed by atoms with E-state index >= 15 is 0 Å².